The summed E-state index contributed by atoms with van der Waals surface area (Å²) < 4.78 is 0. The summed E-state index contributed by atoms with van der Waals surface area (Å²) >= 11 is 5.91. The number of benzene rings is 1. The lowest BCUT2D eigenvalue weighted by Gasteiger charge is -2.13. The Kier molecular flexibility index (Phi) is 2.79. The van der Waals surface area contributed by atoms with Gasteiger partial charge in [-0.1, -0.05) is 29.8 Å². The summed E-state index contributed by atoms with van der Waals surface area (Å²) in [6, 6.07) is 5.08. The van der Waals surface area contributed by atoms with Gasteiger partial charge >= 0.3 is 0 Å². The Morgan fingerprint density at radius 2 is 2.12 bits per heavy atom. The highest BCUT2D eigenvalue weighted by Gasteiger charge is 2.36. The van der Waals surface area contributed by atoms with Crippen LogP contribution in [0.4, 0.5) is 5.69 Å². The number of allylic oxidation sites excluding steroid dienone is 1. The highest BCUT2D eigenvalue weighted by atomic mass is 35.5. The second-order valence-corrected chi connectivity index (χ2v) is 3.86. The van der Waals surface area contributed by atoms with Crippen LogP contribution in [0, 0.1) is 0 Å². The van der Waals surface area contributed by atoms with Crippen molar-refractivity contribution in [1.82, 2.24) is 0 Å². The number of amides is 1. The molecule has 0 aromatic heterocycles. The zero-order valence-electron chi connectivity index (χ0n) is 8.74. The minimum Gasteiger partial charge on any atom is -0.301 e. The fourth-order valence-electron chi connectivity index (χ4n) is 1.69. The van der Waals surface area contributed by atoms with E-state index in [0.717, 1.165) is 0 Å². The number of ketones is 1. The van der Waals surface area contributed by atoms with Gasteiger partial charge in [0.05, 0.1) is 16.3 Å². The van der Waals surface area contributed by atoms with Crippen molar-refractivity contribution in [2.24, 2.45) is 0 Å². The highest BCUT2D eigenvalue weighted by molar-refractivity contribution is 6.55. The first-order chi connectivity index (χ1) is 7.66. The van der Waals surface area contributed by atoms with E-state index < -0.39 is 11.7 Å². The Morgan fingerprint density at radius 1 is 1.38 bits per heavy atom. The third kappa shape index (κ3) is 1.53. The van der Waals surface area contributed by atoms with Crippen LogP contribution in [0.2, 0.25) is 5.02 Å². The third-order valence-electron chi connectivity index (χ3n) is 2.47. The number of nitrogens with zero attached hydrogens (tertiary/aromatic N) is 1. The lowest BCUT2D eigenvalue weighted by atomic mass is 10.1. The van der Waals surface area contributed by atoms with E-state index >= 15 is 0 Å². The highest BCUT2D eigenvalue weighted by Crippen LogP contribution is 2.33. The third-order valence-corrected chi connectivity index (χ3v) is 2.79. The molecule has 1 aromatic rings. The van der Waals surface area contributed by atoms with E-state index in [4.69, 9.17) is 11.6 Å². The van der Waals surface area contributed by atoms with Crippen LogP contribution in [-0.2, 0) is 4.79 Å². The first-order valence-electron chi connectivity index (χ1n) is 4.92. The molecule has 1 aliphatic heterocycles. The van der Waals surface area contributed by atoms with Crippen LogP contribution in [0.3, 0.4) is 0 Å². The number of halogens is 1. The molecule has 0 aliphatic carbocycles. The summed E-state index contributed by atoms with van der Waals surface area (Å²) in [5.74, 6) is -1.04. The molecule has 1 aliphatic rings. The monoisotopic (exact) mass is 235 g/mol. The van der Waals surface area contributed by atoms with Gasteiger partial charge in [0.1, 0.15) is 0 Å². The van der Waals surface area contributed by atoms with E-state index in [2.05, 4.69) is 0 Å². The number of rotatable bonds is 2. The van der Waals surface area contributed by atoms with Crippen LogP contribution in [-0.4, -0.2) is 18.2 Å². The molecular weight excluding hydrogens is 226 g/mol. The van der Waals surface area contributed by atoms with E-state index in [9.17, 15) is 9.59 Å². The molecule has 0 bridgehead atoms. The normalized spacial score (nSPS) is 15.0. The minimum absolute atomic E-state index is 0.318. The van der Waals surface area contributed by atoms with Gasteiger partial charge in [-0.25, -0.2) is 0 Å². The Bertz CT molecular complexity index is 494. The number of hydrogen-bond donors (Lipinski definition) is 0. The maximum atomic E-state index is 11.7. The Hall–Kier alpha value is -1.61. The van der Waals surface area contributed by atoms with Crippen LogP contribution in [0.1, 0.15) is 17.3 Å². The molecule has 82 valence electrons. The Morgan fingerprint density at radius 3 is 2.81 bits per heavy atom. The average molecular weight is 236 g/mol. The minimum atomic E-state index is -0.523. The second-order valence-electron chi connectivity index (χ2n) is 3.45. The van der Waals surface area contributed by atoms with Gasteiger partial charge in [-0.3, -0.25) is 9.59 Å². The van der Waals surface area contributed by atoms with E-state index in [-0.39, 0.29) is 0 Å². The van der Waals surface area contributed by atoms with Crippen LogP contribution in [0.25, 0.3) is 0 Å². The maximum Gasteiger partial charge on any atom is 0.299 e. The molecule has 0 saturated carbocycles. The summed E-state index contributed by atoms with van der Waals surface area (Å²) in [4.78, 5) is 24.8. The van der Waals surface area contributed by atoms with Crippen molar-refractivity contribution in [2.75, 3.05) is 11.4 Å². The van der Waals surface area contributed by atoms with Gasteiger partial charge in [-0.2, -0.15) is 0 Å². The Balaban J connectivity index is 2.50. The average Bonchev–Trinajstić information content (AvgIpc) is 2.51. The van der Waals surface area contributed by atoms with E-state index in [1.165, 1.54) is 4.90 Å². The van der Waals surface area contributed by atoms with Crippen molar-refractivity contribution < 1.29 is 9.59 Å². The first-order valence-corrected chi connectivity index (χ1v) is 5.30. The van der Waals surface area contributed by atoms with E-state index in [1.807, 2.05) is 19.1 Å². The van der Waals surface area contributed by atoms with Crippen LogP contribution < -0.4 is 4.90 Å². The van der Waals surface area contributed by atoms with Gasteiger partial charge in [0, 0.05) is 6.54 Å². The molecule has 1 amide bonds. The molecule has 0 radical (unpaired) electrons. The molecule has 0 spiro atoms. The molecule has 16 heavy (non-hydrogen) atoms. The molecule has 0 atom stereocenters. The summed E-state index contributed by atoms with van der Waals surface area (Å²) in [7, 11) is 0. The number of hydrogen-bond acceptors (Lipinski definition) is 2. The van der Waals surface area contributed by atoms with Crippen molar-refractivity contribution in [1.29, 1.82) is 0 Å². The molecule has 2 rings (SSSR count). The van der Waals surface area contributed by atoms with Gasteiger partial charge in [0.25, 0.3) is 11.7 Å². The molecular formula is C12H10ClNO2. The van der Waals surface area contributed by atoms with Crippen molar-refractivity contribution in [3.63, 3.8) is 0 Å². The van der Waals surface area contributed by atoms with Crippen molar-refractivity contribution in [2.45, 2.75) is 6.92 Å². The summed E-state index contributed by atoms with van der Waals surface area (Å²) in [6.45, 7) is 2.26. The number of Topliss-reactive ketones (excluding diaryl/α,β-unsaturated/α-hetero) is 1. The van der Waals surface area contributed by atoms with Crippen molar-refractivity contribution in [3.05, 3.63) is 40.9 Å². The molecule has 1 aromatic carbocycles. The lowest BCUT2D eigenvalue weighted by molar-refractivity contribution is -0.114. The molecule has 0 saturated heterocycles. The van der Waals surface area contributed by atoms with Gasteiger partial charge < -0.3 is 4.90 Å². The van der Waals surface area contributed by atoms with E-state index in [0.29, 0.717) is 22.8 Å². The zero-order valence-corrected chi connectivity index (χ0v) is 9.49. The standard InChI is InChI=1S/C12H10ClNO2/c1-2-3-7-14-9-6-4-5-8(13)10(9)11(15)12(14)16/h2-6H,7H2,1H3/b3-2+. The predicted molar refractivity (Wildman–Crippen MR) is 62.9 cm³/mol. The smallest absolute Gasteiger partial charge is 0.299 e. The summed E-state index contributed by atoms with van der Waals surface area (Å²) in [5.41, 5.74) is 0.916. The number of fused-ring (bicyclic) bond motifs is 1. The van der Waals surface area contributed by atoms with Crippen LogP contribution >= 0.6 is 11.6 Å². The van der Waals surface area contributed by atoms with Crippen LogP contribution in [0.5, 0.6) is 0 Å². The largest absolute Gasteiger partial charge is 0.301 e. The zero-order chi connectivity index (χ0) is 11.7. The summed E-state index contributed by atoms with van der Waals surface area (Å²) in [5, 5.41) is 0.332. The lowest BCUT2D eigenvalue weighted by Crippen LogP contribution is -2.29. The molecule has 0 fully saturated rings. The summed E-state index contributed by atoms with van der Waals surface area (Å²) in [6.07, 6.45) is 3.65. The molecule has 4 heteroatoms. The van der Waals surface area contributed by atoms with Gasteiger partial charge in [-0.15, -0.1) is 0 Å². The number of carbonyl (C=O) groups excluding carboxylic acids is 2. The number of carbonyl (C=O) groups is 2. The number of anilines is 1. The molecule has 1 heterocycles. The van der Waals surface area contributed by atoms with E-state index in [1.54, 1.807) is 18.2 Å². The van der Waals surface area contributed by atoms with Crippen molar-refractivity contribution in [3.8, 4) is 0 Å². The quantitative estimate of drug-likeness (QED) is 0.583. The molecule has 3 nitrogen and oxygen atoms in total. The molecule has 0 N–H and O–H groups in total. The van der Waals surface area contributed by atoms with Gasteiger partial charge in [-0.05, 0) is 19.1 Å². The Labute approximate surface area is 98.3 Å². The fraction of sp³-hybridized carbons (Fsp3) is 0.167. The second kappa shape index (κ2) is 4.10. The maximum absolute atomic E-state index is 11.7. The molecule has 0 unspecified atom stereocenters. The van der Waals surface area contributed by atoms with Crippen molar-refractivity contribution >= 4 is 29.0 Å². The SMILES string of the molecule is C/C=C/CN1C(=O)C(=O)c2c(Cl)cccc21. The van der Waals surface area contributed by atoms with Gasteiger partial charge in [0.15, 0.2) is 0 Å². The first kappa shape index (κ1) is 10.9. The predicted octanol–water partition coefficient (Wildman–Crippen LogP) is 2.45. The topological polar surface area (TPSA) is 37.4 Å². The van der Waals surface area contributed by atoms with Gasteiger partial charge in [0.2, 0.25) is 0 Å². The fourth-order valence-corrected chi connectivity index (χ4v) is 1.95. The van der Waals surface area contributed by atoms with Crippen LogP contribution in [0.15, 0.2) is 30.4 Å².